The largest absolute Gasteiger partial charge is 0.495 e. The minimum atomic E-state index is -0.222. The van der Waals surface area contributed by atoms with Crippen molar-refractivity contribution in [3.8, 4) is 5.75 Å². The molecule has 146 valence electrons. The van der Waals surface area contributed by atoms with Gasteiger partial charge in [-0.2, -0.15) is 0 Å². The molecule has 3 aromatic rings. The molecule has 8 heteroatoms. The molecule has 0 atom stereocenters. The number of anilines is 1. The van der Waals surface area contributed by atoms with E-state index in [1.165, 1.54) is 18.3 Å². The normalized spacial score (nSPS) is 10.6. The third kappa shape index (κ3) is 5.29. The Labute approximate surface area is 162 Å². The zero-order chi connectivity index (χ0) is 19.8. The number of H-pyrrole nitrogens is 2. The molecule has 0 fully saturated rings. The quantitative estimate of drug-likeness (QED) is 0.488. The first-order valence-electron chi connectivity index (χ1n) is 9.13. The molecule has 0 aromatic carbocycles. The van der Waals surface area contributed by atoms with Gasteiger partial charge >= 0.3 is 0 Å². The van der Waals surface area contributed by atoms with Gasteiger partial charge in [-0.1, -0.05) is 0 Å². The Morgan fingerprint density at radius 1 is 1.18 bits per heavy atom. The van der Waals surface area contributed by atoms with Crippen LogP contribution in [0.2, 0.25) is 0 Å². The third-order valence-electron chi connectivity index (χ3n) is 4.29. The van der Waals surface area contributed by atoms with Crippen molar-refractivity contribution in [2.45, 2.75) is 25.7 Å². The molecule has 8 nitrogen and oxygen atoms in total. The minimum absolute atomic E-state index is 0.0975. The van der Waals surface area contributed by atoms with E-state index in [1.54, 1.807) is 19.5 Å². The second-order valence-corrected chi connectivity index (χ2v) is 6.35. The molecular weight excluding hydrogens is 358 g/mol. The summed E-state index contributed by atoms with van der Waals surface area (Å²) in [6.07, 6.45) is 7.84. The lowest BCUT2D eigenvalue weighted by Gasteiger charge is -2.08. The molecule has 0 aliphatic carbocycles. The predicted octanol–water partition coefficient (Wildman–Crippen LogP) is 1.89. The first-order chi connectivity index (χ1) is 13.7. The molecule has 0 bridgehead atoms. The number of hydrogen-bond acceptors (Lipinski definition) is 6. The van der Waals surface area contributed by atoms with E-state index >= 15 is 0 Å². The topological polar surface area (TPSA) is 113 Å². The standard InChI is InChI=1S/C20H23N5O3/c1-28-18-6-4-9-22-17(18)5-2-3-8-23-20-24-13-14(19(27)25-20)11-15-12-16(26)7-10-21-15/h4,6-7,9-10,12-13H,2-3,5,8,11H2,1H3,(H,21,26)(H2,23,24,25,27). The van der Waals surface area contributed by atoms with Crippen LogP contribution in [-0.4, -0.2) is 33.6 Å². The van der Waals surface area contributed by atoms with Crippen molar-refractivity contribution in [3.63, 3.8) is 0 Å². The number of aromatic nitrogens is 4. The first-order valence-corrected chi connectivity index (χ1v) is 9.13. The van der Waals surface area contributed by atoms with Gasteiger partial charge < -0.3 is 15.0 Å². The Kier molecular flexibility index (Phi) is 6.56. The number of nitrogens with zero attached hydrogens (tertiary/aromatic N) is 2. The summed E-state index contributed by atoms with van der Waals surface area (Å²) < 4.78 is 5.30. The van der Waals surface area contributed by atoms with Crippen molar-refractivity contribution in [2.24, 2.45) is 0 Å². The number of pyridine rings is 2. The Balaban J connectivity index is 1.48. The van der Waals surface area contributed by atoms with Crippen LogP contribution in [-0.2, 0) is 12.8 Å². The van der Waals surface area contributed by atoms with Crippen LogP contribution in [0.25, 0.3) is 0 Å². The lowest BCUT2D eigenvalue weighted by Crippen LogP contribution is -2.18. The maximum absolute atomic E-state index is 12.2. The van der Waals surface area contributed by atoms with E-state index in [1.807, 2.05) is 12.1 Å². The summed E-state index contributed by atoms with van der Waals surface area (Å²) >= 11 is 0. The van der Waals surface area contributed by atoms with Crippen molar-refractivity contribution >= 4 is 5.95 Å². The molecule has 3 aromatic heterocycles. The van der Waals surface area contributed by atoms with Gasteiger partial charge in [-0.05, 0) is 31.4 Å². The molecular formula is C20H23N5O3. The van der Waals surface area contributed by atoms with Crippen molar-refractivity contribution < 1.29 is 4.74 Å². The summed E-state index contributed by atoms with van der Waals surface area (Å²) in [6, 6.07) is 6.66. The van der Waals surface area contributed by atoms with E-state index in [4.69, 9.17) is 4.74 Å². The first kappa shape index (κ1) is 19.3. The van der Waals surface area contributed by atoms with Gasteiger partial charge in [0.05, 0.1) is 12.8 Å². The predicted molar refractivity (Wildman–Crippen MR) is 107 cm³/mol. The minimum Gasteiger partial charge on any atom is -0.495 e. The molecule has 0 radical (unpaired) electrons. The molecule has 3 heterocycles. The average Bonchev–Trinajstić information content (AvgIpc) is 2.70. The molecule has 0 unspecified atom stereocenters. The van der Waals surface area contributed by atoms with E-state index in [0.29, 0.717) is 30.2 Å². The van der Waals surface area contributed by atoms with E-state index < -0.39 is 0 Å². The highest BCUT2D eigenvalue weighted by molar-refractivity contribution is 5.27. The summed E-state index contributed by atoms with van der Waals surface area (Å²) in [7, 11) is 1.64. The molecule has 0 saturated carbocycles. The summed E-state index contributed by atoms with van der Waals surface area (Å²) in [4.78, 5) is 37.9. The summed E-state index contributed by atoms with van der Waals surface area (Å²) in [5, 5.41) is 3.12. The van der Waals surface area contributed by atoms with E-state index in [0.717, 1.165) is 30.7 Å². The SMILES string of the molecule is COc1cccnc1CCCCNc1ncc(Cc2cc(=O)cc[nH]2)c(=O)[nH]1. The van der Waals surface area contributed by atoms with Crippen LogP contribution in [0.15, 0.2) is 52.4 Å². The van der Waals surface area contributed by atoms with E-state index in [9.17, 15) is 9.59 Å². The zero-order valence-corrected chi connectivity index (χ0v) is 15.7. The van der Waals surface area contributed by atoms with Crippen molar-refractivity contribution in [3.05, 3.63) is 80.4 Å². The van der Waals surface area contributed by atoms with Crippen molar-refractivity contribution in [1.29, 1.82) is 0 Å². The molecule has 0 amide bonds. The Morgan fingerprint density at radius 2 is 2.07 bits per heavy atom. The molecule has 3 rings (SSSR count). The highest BCUT2D eigenvalue weighted by atomic mass is 16.5. The van der Waals surface area contributed by atoms with Crippen LogP contribution in [0.4, 0.5) is 5.95 Å². The van der Waals surface area contributed by atoms with Gasteiger partial charge in [0.25, 0.3) is 5.56 Å². The van der Waals surface area contributed by atoms with Crippen LogP contribution >= 0.6 is 0 Å². The summed E-state index contributed by atoms with van der Waals surface area (Å²) in [6.45, 7) is 0.684. The Hall–Kier alpha value is -3.42. The second-order valence-electron chi connectivity index (χ2n) is 6.35. The van der Waals surface area contributed by atoms with Crippen molar-refractivity contribution in [2.75, 3.05) is 19.0 Å². The number of aryl methyl sites for hydroxylation is 1. The maximum Gasteiger partial charge on any atom is 0.255 e. The fourth-order valence-corrected chi connectivity index (χ4v) is 2.86. The fourth-order valence-electron chi connectivity index (χ4n) is 2.86. The van der Waals surface area contributed by atoms with Gasteiger partial charge in [-0.3, -0.25) is 19.6 Å². The molecule has 0 spiro atoms. The van der Waals surface area contributed by atoms with Crippen molar-refractivity contribution in [1.82, 2.24) is 19.9 Å². The van der Waals surface area contributed by atoms with Crippen LogP contribution in [0.1, 0.15) is 29.8 Å². The number of unbranched alkanes of at least 4 members (excludes halogenated alkanes) is 1. The Morgan fingerprint density at radius 3 is 2.86 bits per heavy atom. The summed E-state index contributed by atoms with van der Waals surface area (Å²) in [5.74, 6) is 1.24. The monoisotopic (exact) mass is 381 g/mol. The highest BCUT2D eigenvalue weighted by Crippen LogP contribution is 2.16. The third-order valence-corrected chi connectivity index (χ3v) is 4.29. The molecule has 0 aliphatic heterocycles. The fraction of sp³-hybridized carbons (Fsp3) is 0.300. The number of methoxy groups -OCH3 is 1. The van der Waals surface area contributed by atoms with Crippen LogP contribution in [0, 0.1) is 0 Å². The number of rotatable bonds is 9. The van der Waals surface area contributed by atoms with Gasteiger partial charge in [0.2, 0.25) is 5.95 Å². The lowest BCUT2D eigenvalue weighted by atomic mass is 10.1. The van der Waals surface area contributed by atoms with Gasteiger partial charge in [-0.25, -0.2) is 4.98 Å². The molecule has 28 heavy (non-hydrogen) atoms. The smallest absolute Gasteiger partial charge is 0.255 e. The number of aromatic amines is 2. The zero-order valence-electron chi connectivity index (χ0n) is 15.7. The molecule has 0 aliphatic rings. The van der Waals surface area contributed by atoms with Crippen LogP contribution in [0.5, 0.6) is 5.75 Å². The average molecular weight is 381 g/mol. The number of nitrogens with one attached hydrogen (secondary N) is 3. The van der Waals surface area contributed by atoms with Crippen LogP contribution in [0.3, 0.4) is 0 Å². The maximum atomic E-state index is 12.2. The Bertz CT molecular complexity index is 1030. The van der Waals surface area contributed by atoms with E-state index in [2.05, 4.69) is 25.3 Å². The number of ether oxygens (including phenoxy) is 1. The van der Waals surface area contributed by atoms with Gasteiger partial charge in [0.1, 0.15) is 5.75 Å². The van der Waals surface area contributed by atoms with Crippen LogP contribution < -0.4 is 21.0 Å². The van der Waals surface area contributed by atoms with Gasteiger partial charge in [0, 0.05) is 54.9 Å². The summed E-state index contributed by atoms with van der Waals surface area (Å²) in [5.41, 5.74) is 1.79. The van der Waals surface area contributed by atoms with Gasteiger partial charge in [-0.15, -0.1) is 0 Å². The molecule has 0 saturated heterocycles. The molecule has 3 N–H and O–H groups in total. The lowest BCUT2D eigenvalue weighted by molar-refractivity contribution is 0.406. The number of hydrogen-bond donors (Lipinski definition) is 3. The van der Waals surface area contributed by atoms with Gasteiger partial charge in [0.15, 0.2) is 5.43 Å². The second kappa shape index (κ2) is 9.50. The highest BCUT2D eigenvalue weighted by Gasteiger charge is 2.06. The van der Waals surface area contributed by atoms with E-state index in [-0.39, 0.29) is 11.0 Å².